The lowest BCUT2D eigenvalue weighted by Crippen LogP contribution is -2.30. The molecule has 0 heterocycles. The minimum absolute atomic E-state index is 0.0909. The minimum atomic E-state index is -3.54. The molecular weight excluding hydrogens is 368 g/mol. The van der Waals surface area contributed by atoms with Gasteiger partial charge in [0, 0.05) is 17.5 Å². The number of hydrogen-bond donors (Lipinski definition) is 2. The van der Waals surface area contributed by atoms with E-state index in [-0.39, 0.29) is 23.4 Å². The molecule has 0 saturated carbocycles. The smallest absolute Gasteiger partial charge is 0.240 e. The fourth-order valence-corrected chi connectivity index (χ4v) is 4.49. The number of benzene rings is 2. The number of nitrogens with one attached hydrogen (secondary N) is 2. The third kappa shape index (κ3) is 6.16. The maximum Gasteiger partial charge on any atom is 0.240 e. The summed E-state index contributed by atoms with van der Waals surface area (Å²) in [5, 5.41) is 2.83. The molecule has 26 heavy (non-hydrogen) atoms. The van der Waals surface area contributed by atoms with Crippen LogP contribution >= 0.6 is 11.8 Å². The largest absolute Gasteiger partial charge is 0.351 e. The summed E-state index contributed by atoms with van der Waals surface area (Å²) in [5.74, 6) is 0.226. The molecule has 0 aliphatic carbocycles. The number of rotatable bonds is 8. The lowest BCUT2D eigenvalue weighted by Gasteiger charge is -2.11. The average molecular weight is 393 g/mol. The second kappa shape index (κ2) is 9.21. The van der Waals surface area contributed by atoms with Crippen LogP contribution in [0.15, 0.2) is 58.3 Å². The van der Waals surface area contributed by atoms with Gasteiger partial charge in [0.2, 0.25) is 15.9 Å². The van der Waals surface area contributed by atoms with Crippen LogP contribution in [0.4, 0.5) is 0 Å². The van der Waals surface area contributed by atoms with Gasteiger partial charge >= 0.3 is 0 Å². The number of amides is 1. The molecule has 5 nitrogen and oxygen atoms in total. The van der Waals surface area contributed by atoms with E-state index in [0.717, 1.165) is 16.0 Å². The summed E-state index contributed by atoms with van der Waals surface area (Å²) < 4.78 is 27.0. The van der Waals surface area contributed by atoms with Gasteiger partial charge < -0.3 is 5.32 Å². The van der Waals surface area contributed by atoms with E-state index < -0.39 is 10.0 Å². The van der Waals surface area contributed by atoms with Crippen molar-refractivity contribution in [3.05, 3.63) is 59.7 Å². The molecule has 1 amide bonds. The zero-order chi connectivity index (χ0) is 19.2. The highest BCUT2D eigenvalue weighted by Crippen LogP contribution is 2.21. The van der Waals surface area contributed by atoms with Crippen molar-refractivity contribution in [2.75, 3.05) is 5.75 Å². The first-order chi connectivity index (χ1) is 12.3. The summed E-state index contributed by atoms with van der Waals surface area (Å²) >= 11 is 1.49. The van der Waals surface area contributed by atoms with E-state index in [9.17, 15) is 13.2 Å². The Morgan fingerprint density at radius 1 is 1.12 bits per heavy atom. The van der Waals surface area contributed by atoms with Gasteiger partial charge in [-0.3, -0.25) is 4.79 Å². The van der Waals surface area contributed by atoms with Gasteiger partial charge in [-0.15, -0.1) is 11.8 Å². The fraction of sp³-hybridized carbons (Fsp3) is 0.316. The van der Waals surface area contributed by atoms with Crippen LogP contribution in [0.5, 0.6) is 0 Å². The Morgan fingerprint density at radius 2 is 1.85 bits per heavy atom. The number of thioether (sulfide) groups is 1. The van der Waals surface area contributed by atoms with Crippen LogP contribution < -0.4 is 10.0 Å². The van der Waals surface area contributed by atoms with Crippen LogP contribution in [0, 0.1) is 6.92 Å². The SMILES string of the molecule is Cc1ccccc1SCC(=O)NCc1cccc(S(=O)(=O)NC(C)C)c1. The topological polar surface area (TPSA) is 75.3 Å². The molecule has 2 aromatic carbocycles. The molecule has 0 aliphatic heterocycles. The second-order valence-electron chi connectivity index (χ2n) is 6.25. The Labute approximate surface area is 159 Å². The van der Waals surface area contributed by atoms with E-state index in [1.54, 1.807) is 38.1 Å². The number of hydrogen-bond acceptors (Lipinski definition) is 4. The van der Waals surface area contributed by atoms with Gasteiger partial charge in [0.15, 0.2) is 0 Å². The van der Waals surface area contributed by atoms with Gasteiger partial charge in [0.05, 0.1) is 10.6 Å². The molecule has 2 rings (SSSR count). The van der Waals surface area contributed by atoms with E-state index in [0.29, 0.717) is 5.75 Å². The van der Waals surface area contributed by atoms with Crippen LogP contribution in [0.1, 0.15) is 25.0 Å². The Bertz CT molecular complexity index is 865. The summed E-state index contributed by atoms with van der Waals surface area (Å²) in [6.45, 7) is 5.84. The Hall–Kier alpha value is -1.83. The zero-order valence-electron chi connectivity index (χ0n) is 15.2. The standard InChI is InChI=1S/C19H24N2O3S2/c1-14(2)21-26(23,24)17-9-6-8-16(11-17)12-20-19(22)13-25-18-10-5-4-7-15(18)3/h4-11,14,21H,12-13H2,1-3H3,(H,20,22). The molecule has 0 fully saturated rings. The number of carbonyl (C=O) groups is 1. The van der Waals surface area contributed by atoms with Crippen LogP contribution in [0.3, 0.4) is 0 Å². The lowest BCUT2D eigenvalue weighted by molar-refractivity contribution is -0.118. The van der Waals surface area contributed by atoms with E-state index in [2.05, 4.69) is 10.0 Å². The van der Waals surface area contributed by atoms with Crippen molar-refractivity contribution in [3.63, 3.8) is 0 Å². The first-order valence-electron chi connectivity index (χ1n) is 8.34. The Kier molecular flexibility index (Phi) is 7.25. The third-order valence-corrected chi connectivity index (χ3v) is 6.37. The summed E-state index contributed by atoms with van der Waals surface area (Å²) in [5.41, 5.74) is 1.88. The van der Waals surface area contributed by atoms with Crippen molar-refractivity contribution < 1.29 is 13.2 Å². The van der Waals surface area contributed by atoms with Crippen molar-refractivity contribution in [2.45, 2.75) is 43.1 Å². The predicted molar refractivity (Wildman–Crippen MR) is 106 cm³/mol. The number of carbonyl (C=O) groups excluding carboxylic acids is 1. The van der Waals surface area contributed by atoms with E-state index >= 15 is 0 Å². The average Bonchev–Trinajstić information content (AvgIpc) is 2.58. The molecule has 0 spiro atoms. The van der Waals surface area contributed by atoms with Crippen molar-refractivity contribution in [1.82, 2.24) is 10.0 Å². The summed E-state index contributed by atoms with van der Waals surface area (Å²) in [4.78, 5) is 13.3. The first-order valence-corrected chi connectivity index (χ1v) is 10.8. The van der Waals surface area contributed by atoms with E-state index in [1.165, 1.54) is 11.8 Å². The van der Waals surface area contributed by atoms with Crippen LogP contribution in [0.25, 0.3) is 0 Å². The van der Waals surface area contributed by atoms with Gasteiger partial charge in [-0.1, -0.05) is 30.3 Å². The molecule has 0 radical (unpaired) electrons. The minimum Gasteiger partial charge on any atom is -0.351 e. The zero-order valence-corrected chi connectivity index (χ0v) is 16.8. The second-order valence-corrected chi connectivity index (χ2v) is 8.99. The van der Waals surface area contributed by atoms with Crippen LogP contribution in [0.2, 0.25) is 0 Å². The molecule has 2 aromatic rings. The number of sulfonamides is 1. The maximum atomic E-state index is 12.2. The molecule has 0 saturated heterocycles. The van der Waals surface area contributed by atoms with E-state index in [1.807, 2.05) is 31.2 Å². The van der Waals surface area contributed by atoms with Gasteiger partial charge in [-0.05, 0) is 50.1 Å². The molecule has 0 atom stereocenters. The predicted octanol–water partition coefficient (Wildman–Crippen LogP) is 3.09. The Balaban J connectivity index is 1.92. The molecule has 0 aliphatic rings. The third-order valence-electron chi connectivity index (χ3n) is 3.54. The van der Waals surface area contributed by atoms with E-state index in [4.69, 9.17) is 0 Å². The van der Waals surface area contributed by atoms with Crippen molar-refractivity contribution in [3.8, 4) is 0 Å². The lowest BCUT2D eigenvalue weighted by atomic mass is 10.2. The maximum absolute atomic E-state index is 12.2. The highest BCUT2D eigenvalue weighted by molar-refractivity contribution is 8.00. The highest BCUT2D eigenvalue weighted by atomic mass is 32.2. The molecule has 0 bridgehead atoms. The van der Waals surface area contributed by atoms with Gasteiger partial charge in [-0.2, -0.15) is 0 Å². The molecule has 2 N–H and O–H groups in total. The first kappa shape index (κ1) is 20.5. The molecule has 0 aromatic heterocycles. The van der Waals surface area contributed by atoms with Gasteiger partial charge in [0.1, 0.15) is 0 Å². The van der Waals surface area contributed by atoms with Gasteiger partial charge in [-0.25, -0.2) is 13.1 Å². The van der Waals surface area contributed by atoms with Crippen LogP contribution in [-0.4, -0.2) is 26.1 Å². The normalized spacial score (nSPS) is 11.5. The molecular formula is C19H24N2O3S2. The van der Waals surface area contributed by atoms with Gasteiger partial charge in [0.25, 0.3) is 0 Å². The van der Waals surface area contributed by atoms with Crippen molar-refractivity contribution in [2.24, 2.45) is 0 Å². The summed E-state index contributed by atoms with van der Waals surface area (Å²) in [6.07, 6.45) is 0. The summed E-state index contributed by atoms with van der Waals surface area (Å²) in [6, 6.07) is 14.3. The van der Waals surface area contributed by atoms with Crippen molar-refractivity contribution >= 4 is 27.7 Å². The summed E-state index contributed by atoms with van der Waals surface area (Å²) in [7, 11) is -3.54. The van der Waals surface area contributed by atoms with Crippen LogP contribution in [-0.2, 0) is 21.4 Å². The van der Waals surface area contributed by atoms with Crippen molar-refractivity contribution in [1.29, 1.82) is 0 Å². The fourth-order valence-electron chi connectivity index (χ4n) is 2.31. The molecule has 140 valence electrons. The Morgan fingerprint density at radius 3 is 2.54 bits per heavy atom. The quantitative estimate of drug-likeness (QED) is 0.677. The molecule has 0 unspecified atom stereocenters. The monoisotopic (exact) mass is 392 g/mol. The number of aryl methyl sites for hydroxylation is 1. The molecule has 7 heteroatoms. The highest BCUT2D eigenvalue weighted by Gasteiger charge is 2.15.